The van der Waals surface area contributed by atoms with Gasteiger partial charge in [-0.1, -0.05) is 41.9 Å². The van der Waals surface area contributed by atoms with Crippen molar-refractivity contribution >= 4 is 35.1 Å². The fraction of sp³-hybridized carbons (Fsp3) is 0.130. The number of furan rings is 1. The lowest BCUT2D eigenvalue weighted by Crippen LogP contribution is -2.41. The molecule has 1 atom stereocenters. The summed E-state index contributed by atoms with van der Waals surface area (Å²) in [6, 6.07) is 17.6. The number of para-hydroxylation sites is 1. The third-order valence-corrected chi connectivity index (χ3v) is 5.15. The number of carbonyl (C=O) groups excluding carboxylic acids is 2. The first-order valence-electron chi connectivity index (χ1n) is 9.10. The second-order valence-corrected chi connectivity index (χ2v) is 7.32. The molecule has 1 N–H and O–H groups in total. The van der Waals surface area contributed by atoms with Crippen molar-refractivity contribution in [3.63, 3.8) is 0 Å². The standard InChI is InChI=1S/C23H18ClNO4/c24-17-9-7-16(8-10-17)15-25-21-6-2-1-5-20(21)23(28,22(25)27)14-18(26)11-12-19-4-3-13-29-19/h1-13,28H,14-15H2/b12-11+/t23-/m0/s1. The molecule has 0 saturated carbocycles. The largest absolute Gasteiger partial charge is 0.465 e. The molecule has 0 radical (unpaired) electrons. The monoisotopic (exact) mass is 407 g/mol. The molecule has 29 heavy (non-hydrogen) atoms. The summed E-state index contributed by atoms with van der Waals surface area (Å²) in [4.78, 5) is 27.2. The lowest BCUT2D eigenvalue weighted by Gasteiger charge is -2.22. The van der Waals surface area contributed by atoms with Gasteiger partial charge in [0.1, 0.15) is 5.76 Å². The van der Waals surface area contributed by atoms with Gasteiger partial charge in [0.05, 0.1) is 24.9 Å². The van der Waals surface area contributed by atoms with Gasteiger partial charge < -0.3 is 14.4 Å². The quantitative estimate of drug-likeness (QED) is 0.617. The molecule has 1 aromatic heterocycles. The highest BCUT2D eigenvalue weighted by Gasteiger charge is 2.50. The molecule has 0 aliphatic carbocycles. The number of hydrogen-bond acceptors (Lipinski definition) is 4. The molecular formula is C23H18ClNO4. The van der Waals surface area contributed by atoms with Gasteiger partial charge in [-0.15, -0.1) is 0 Å². The fourth-order valence-electron chi connectivity index (χ4n) is 3.48. The number of nitrogens with zero attached hydrogens (tertiary/aromatic N) is 1. The Morgan fingerprint density at radius 2 is 1.86 bits per heavy atom. The molecule has 3 aromatic rings. The van der Waals surface area contributed by atoms with E-state index in [4.69, 9.17) is 16.0 Å². The first-order chi connectivity index (χ1) is 14.0. The lowest BCUT2D eigenvalue weighted by molar-refractivity contribution is -0.140. The predicted octanol–water partition coefficient (Wildman–Crippen LogP) is 4.34. The zero-order valence-corrected chi connectivity index (χ0v) is 16.2. The van der Waals surface area contributed by atoms with Gasteiger partial charge in [0, 0.05) is 10.6 Å². The van der Waals surface area contributed by atoms with Crippen LogP contribution in [0.3, 0.4) is 0 Å². The van der Waals surface area contributed by atoms with Crippen molar-refractivity contribution in [2.45, 2.75) is 18.6 Å². The van der Waals surface area contributed by atoms with Crippen molar-refractivity contribution in [1.82, 2.24) is 0 Å². The van der Waals surface area contributed by atoms with Crippen molar-refractivity contribution in [3.8, 4) is 0 Å². The summed E-state index contributed by atoms with van der Waals surface area (Å²) in [6.45, 7) is 0.270. The molecule has 5 nitrogen and oxygen atoms in total. The molecule has 1 aliphatic heterocycles. The highest BCUT2D eigenvalue weighted by Crippen LogP contribution is 2.43. The van der Waals surface area contributed by atoms with Gasteiger partial charge in [-0.3, -0.25) is 9.59 Å². The minimum absolute atomic E-state index is 0.270. The molecule has 2 heterocycles. The summed E-state index contributed by atoms with van der Waals surface area (Å²) in [5, 5.41) is 11.8. The number of rotatable bonds is 6. The Labute approximate surface area is 172 Å². The Morgan fingerprint density at radius 3 is 2.59 bits per heavy atom. The number of halogens is 1. The van der Waals surface area contributed by atoms with E-state index in [0.717, 1.165) is 5.56 Å². The van der Waals surface area contributed by atoms with Crippen LogP contribution in [0.2, 0.25) is 5.02 Å². The molecule has 1 aliphatic rings. The van der Waals surface area contributed by atoms with Crippen molar-refractivity contribution in [2.75, 3.05) is 4.90 Å². The van der Waals surface area contributed by atoms with Crippen LogP contribution in [0, 0.1) is 0 Å². The minimum Gasteiger partial charge on any atom is -0.465 e. The van der Waals surface area contributed by atoms with Gasteiger partial charge in [-0.05, 0) is 48.0 Å². The number of anilines is 1. The van der Waals surface area contributed by atoms with E-state index in [2.05, 4.69) is 0 Å². The zero-order chi connectivity index (χ0) is 20.4. The summed E-state index contributed by atoms with van der Waals surface area (Å²) < 4.78 is 5.16. The van der Waals surface area contributed by atoms with Crippen LogP contribution in [0.25, 0.3) is 6.08 Å². The molecule has 6 heteroatoms. The number of amides is 1. The molecule has 2 aromatic carbocycles. The maximum Gasteiger partial charge on any atom is 0.264 e. The van der Waals surface area contributed by atoms with E-state index in [1.54, 1.807) is 48.5 Å². The molecule has 146 valence electrons. The van der Waals surface area contributed by atoms with Gasteiger partial charge in [-0.2, -0.15) is 0 Å². The van der Waals surface area contributed by atoms with Crippen LogP contribution in [0.1, 0.15) is 23.3 Å². The Balaban J connectivity index is 1.60. The summed E-state index contributed by atoms with van der Waals surface area (Å²) in [5.41, 5.74) is -0.0181. The normalized spacial score (nSPS) is 18.4. The SMILES string of the molecule is O=C(/C=C/c1ccco1)C[C@@]1(O)C(=O)N(Cc2ccc(Cl)cc2)c2ccccc21. The van der Waals surface area contributed by atoms with Crippen LogP contribution in [-0.2, 0) is 21.7 Å². The van der Waals surface area contributed by atoms with Crippen LogP contribution in [0.4, 0.5) is 5.69 Å². The van der Waals surface area contributed by atoms with E-state index in [9.17, 15) is 14.7 Å². The Kier molecular flexibility index (Phi) is 5.09. The Hall–Kier alpha value is -3.15. The zero-order valence-electron chi connectivity index (χ0n) is 15.4. The number of carbonyl (C=O) groups is 2. The number of fused-ring (bicyclic) bond motifs is 1. The van der Waals surface area contributed by atoms with Crippen LogP contribution in [0.5, 0.6) is 0 Å². The molecule has 0 spiro atoms. The molecule has 0 unspecified atom stereocenters. The number of ketones is 1. The minimum atomic E-state index is -1.91. The number of aliphatic hydroxyl groups is 1. The fourth-order valence-corrected chi connectivity index (χ4v) is 3.61. The lowest BCUT2D eigenvalue weighted by atomic mass is 9.90. The van der Waals surface area contributed by atoms with Gasteiger partial charge in [0.15, 0.2) is 11.4 Å². The van der Waals surface area contributed by atoms with E-state index < -0.39 is 11.5 Å². The maximum atomic E-state index is 13.2. The van der Waals surface area contributed by atoms with Crippen LogP contribution < -0.4 is 4.90 Å². The highest BCUT2D eigenvalue weighted by molar-refractivity contribution is 6.30. The topological polar surface area (TPSA) is 70.7 Å². The predicted molar refractivity (Wildman–Crippen MR) is 110 cm³/mol. The van der Waals surface area contributed by atoms with E-state index in [1.807, 2.05) is 12.1 Å². The molecule has 0 saturated heterocycles. The van der Waals surface area contributed by atoms with Crippen LogP contribution >= 0.6 is 11.6 Å². The van der Waals surface area contributed by atoms with E-state index in [0.29, 0.717) is 22.0 Å². The first-order valence-corrected chi connectivity index (χ1v) is 9.48. The van der Waals surface area contributed by atoms with Crippen molar-refractivity contribution in [2.24, 2.45) is 0 Å². The third-order valence-electron chi connectivity index (χ3n) is 4.90. The molecule has 0 fully saturated rings. The van der Waals surface area contributed by atoms with Gasteiger partial charge in [0.2, 0.25) is 0 Å². The van der Waals surface area contributed by atoms with E-state index in [-0.39, 0.29) is 18.7 Å². The summed E-state index contributed by atoms with van der Waals surface area (Å²) in [6.07, 6.45) is 3.98. The second kappa shape index (κ2) is 7.70. The van der Waals surface area contributed by atoms with Crippen molar-refractivity contribution in [3.05, 3.63) is 94.9 Å². The molecular weight excluding hydrogens is 390 g/mol. The summed E-state index contributed by atoms with van der Waals surface area (Å²) in [5.74, 6) is -0.373. The number of hydrogen-bond donors (Lipinski definition) is 1. The molecule has 0 bridgehead atoms. The Morgan fingerprint density at radius 1 is 1.10 bits per heavy atom. The maximum absolute atomic E-state index is 13.2. The number of allylic oxidation sites excluding steroid dienone is 1. The average molecular weight is 408 g/mol. The Bertz CT molecular complexity index is 1070. The highest BCUT2D eigenvalue weighted by atomic mass is 35.5. The first kappa shape index (κ1) is 19.2. The van der Waals surface area contributed by atoms with Crippen molar-refractivity contribution in [1.29, 1.82) is 0 Å². The molecule has 1 amide bonds. The van der Waals surface area contributed by atoms with E-state index >= 15 is 0 Å². The van der Waals surface area contributed by atoms with Crippen molar-refractivity contribution < 1.29 is 19.1 Å². The second-order valence-electron chi connectivity index (χ2n) is 6.89. The summed E-state index contributed by atoms with van der Waals surface area (Å²) >= 11 is 5.94. The van der Waals surface area contributed by atoms with Gasteiger partial charge >= 0.3 is 0 Å². The van der Waals surface area contributed by atoms with Gasteiger partial charge in [-0.25, -0.2) is 0 Å². The smallest absolute Gasteiger partial charge is 0.264 e. The molecule has 4 rings (SSSR count). The summed E-state index contributed by atoms with van der Waals surface area (Å²) in [7, 11) is 0. The number of benzene rings is 2. The van der Waals surface area contributed by atoms with E-state index in [1.165, 1.54) is 23.3 Å². The van der Waals surface area contributed by atoms with Gasteiger partial charge in [0.25, 0.3) is 5.91 Å². The average Bonchev–Trinajstić information content (AvgIpc) is 3.31. The van der Waals surface area contributed by atoms with Crippen LogP contribution in [-0.4, -0.2) is 16.8 Å². The van der Waals surface area contributed by atoms with Crippen LogP contribution in [0.15, 0.2) is 77.4 Å². The third kappa shape index (κ3) is 3.75.